The van der Waals surface area contributed by atoms with Crippen LogP contribution in [0.25, 0.3) is 0 Å². The van der Waals surface area contributed by atoms with Crippen LogP contribution in [0.1, 0.15) is 13.8 Å². The second-order valence-corrected chi connectivity index (χ2v) is 5.60. The number of methoxy groups -OCH3 is 4. The van der Waals surface area contributed by atoms with Crippen molar-refractivity contribution in [1.82, 2.24) is 0 Å². The SMILES string of the molecule is COc1cc(Oc2c(OC)cc(OC(C)=O)cc2OC)cc(OC(C)=O)c1OC. The van der Waals surface area contributed by atoms with E-state index in [1.165, 1.54) is 60.5 Å². The molecule has 0 heterocycles. The average Bonchev–Trinajstić information content (AvgIpc) is 2.67. The van der Waals surface area contributed by atoms with Crippen LogP contribution >= 0.6 is 0 Å². The maximum atomic E-state index is 11.4. The smallest absolute Gasteiger partial charge is 0.308 e. The van der Waals surface area contributed by atoms with Crippen LogP contribution in [-0.4, -0.2) is 40.4 Å². The summed E-state index contributed by atoms with van der Waals surface area (Å²) in [6, 6.07) is 5.96. The van der Waals surface area contributed by atoms with Gasteiger partial charge in [0.1, 0.15) is 11.5 Å². The fourth-order valence-corrected chi connectivity index (χ4v) is 2.49. The van der Waals surface area contributed by atoms with Crippen LogP contribution in [0.2, 0.25) is 0 Å². The number of benzene rings is 2. The number of ether oxygens (including phenoxy) is 7. The molecule has 0 aliphatic carbocycles. The Morgan fingerprint density at radius 3 is 1.48 bits per heavy atom. The third-order valence-corrected chi connectivity index (χ3v) is 3.59. The van der Waals surface area contributed by atoms with Gasteiger partial charge in [0.15, 0.2) is 23.0 Å². The van der Waals surface area contributed by atoms with E-state index < -0.39 is 11.9 Å². The van der Waals surface area contributed by atoms with E-state index >= 15 is 0 Å². The van der Waals surface area contributed by atoms with Crippen molar-refractivity contribution in [2.75, 3.05) is 28.4 Å². The molecule has 2 rings (SSSR count). The summed E-state index contributed by atoms with van der Waals surface area (Å²) in [4.78, 5) is 22.7. The minimum atomic E-state index is -0.539. The van der Waals surface area contributed by atoms with Crippen LogP contribution < -0.4 is 33.2 Å². The molecule has 0 unspecified atom stereocenters. The highest BCUT2D eigenvalue weighted by molar-refractivity contribution is 5.72. The van der Waals surface area contributed by atoms with E-state index in [0.717, 1.165) is 0 Å². The largest absolute Gasteiger partial charge is 0.493 e. The van der Waals surface area contributed by atoms with Crippen molar-refractivity contribution in [1.29, 1.82) is 0 Å². The fraction of sp³-hybridized carbons (Fsp3) is 0.300. The minimum Gasteiger partial charge on any atom is -0.493 e. The fourth-order valence-electron chi connectivity index (χ4n) is 2.49. The summed E-state index contributed by atoms with van der Waals surface area (Å²) in [5, 5.41) is 0. The summed E-state index contributed by atoms with van der Waals surface area (Å²) in [5.41, 5.74) is 0. The lowest BCUT2D eigenvalue weighted by atomic mass is 10.2. The number of carbonyl (C=O) groups excluding carboxylic acids is 2. The van der Waals surface area contributed by atoms with Gasteiger partial charge in [-0.2, -0.15) is 0 Å². The monoisotopic (exact) mass is 406 g/mol. The molecule has 0 bridgehead atoms. The first-order valence-electron chi connectivity index (χ1n) is 8.39. The normalized spacial score (nSPS) is 10.0. The van der Waals surface area contributed by atoms with Gasteiger partial charge in [-0.05, 0) is 0 Å². The summed E-state index contributed by atoms with van der Waals surface area (Å²) < 4.78 is 37.4. The van der Waals surface area contributed by atoms with Crippen molar-refractivity contribution in [2.45, 2.75) is 13.8 Å². The van der Waals surface area contributed by atoms with Crippen LogP contribution in [0.3, 0.4) is 0 Å². The van der Waals surface area contributed by atoms with E-state index in [4.69, 9.17) is 33.2 Å². The topological polar surface area (TPSA) is 98.8 Å². The number of rotatable bonds is 8. The van der Waals surface area contributed by atoms with E-state index in [2.05, 4.69) is 0 Å². The molecule has 0 atom stereocenters. The van der Waals surface area contributed by atoms with E-state index in [9.17, 15) is 9.59 Å². The molecule has 0 saturated carbocycles. The first kappa shape index (κ1) is 21.7. The molecule has 0 aliphatic rings. The highest BCUT2D eigenvalue weighted by atomic mass is 16.6. The number of hydrogen-bond donors (Lipinski definition) is 0. The molecule has 2 aromatic carbocycles. The summed E-state index contributed by atoms with van der Waals surface area (Å²) in [5.74, 6) is 0.818. The zero-order valence-corrected chi connectivity index (χ0v) is 17.0. The van der Waals surface area contributed by atoms with E-state index in [1.54, 1.807) is 6.07 Å². The number of hydrogen-bond acceptors (Lipinski definition) is 9. The molecule has 0 aromatic heterocycles. The molecule has 0 spiro atoms. The molecule has 9 nitrogen and oxygen atoms in total. The minimum absolute atomic E-state index is 0.115. The third-order valence-electron chi connectivity index (χ3n) is 3.59. The lowest BCUT2D eigenvalue weighted by Gasteiger charge is -2.18. The standard InChI is InChI=1S/C20H22O9/c1-11(21)27-13-7-16(24-4)20(17(8-13)25-5)29-14-9-15(23-3)19(26-6)18(10-14)28-12(2)22/h7-10H,1-6H3. The van der Waals surface area contributed by atoms with Gasteiger partial charge in [-0.3, -0.25) is 9.59 Å². The summed E-state index contributed by atoms with van der Waals surface area (Å²) in [6.07, 6.45) is 0. The van der Waals surface area contributed by atoms with Crippen molar-refractivity contribution in [2.24, 2.45) is 0 Å². The van der Waals surface area contributed by atoms with Gasteiger partial charge in [-0.25, -0.2) is 0 Å². The predicted molar refractivity (Wildman–Crippen MR) is 102 cm³/mol. The zero-order chi connectivity index (χ0) is 21.6. The summed E-state index contributed by atoms with van der Waals surface area (Å²) >= 11 is 0. The average molecular weight is 406 g/mol. The maximum Gasteiger partial charge on any atom is 0.308 e. The summed E-state index contributed by atoms with van der Waals surface area (Å²) in [7, 11) is 5.72. The second kappa shape index (κ2) is 9.54. The van der Waals surface area contributed by atoms with Gasteiger partial charge in [-0.15, -0.1) is 0 Å². The lowest BCUT2D eigenvalue weighted by Crippen LogP contribution is -2.05. The Morgan fingerprint density at radius 2 is 1.03 bits per heavy atom. The first-order chi connectivity index (χ1) is 13.8. The van der Waals surface area contributed by atoms with Gasteiger partial charge in [0.25, 0.3) is 0 Å². The molecule has 0 aliphatic heterocycles. The van der Waals surface area contributed by atoms with Crippen LogP contribution in [0, 0.1) is 0 Å². The zero-order valence-electron chi connectivity index (χ0n) is 17.0. The number of esters is 2. The predicted octanol–water partition coefficient (Wildman–Crippen LogP) is 3.36. The molecule has 0 N–H and O–H groups in total. The molecule has 0 radical (unpaired) electrons. The quantitative estimate of drug-likeness (QED) is 0.482. The highest BCUT2D eigenvalue weighted by Gasteiger charge is 2.21. The van der Waals surface area contributed by atoms with Crippen LogP contribution in [-0.2, 0) is 9.59 Å². The van der Waals surface area contributed by atoms with E-state index in [0.29, 0.717) is 0 Å². The molecular weight excluding hydrogens is 384 g/mol. The Morgan fingerprint density at radius 1 is 0.586 bits per heavy atom. The Bertz CT molecular complexity index is 880. The van der Waals surface area contributed by atoms with Crippen molar-refractivity contribution < 1.29 is 42.7 Å². The molecule has 156 valence electrons. The van der Waals surface area contributed by atoms with Gasteiger partial charge >= 0.3 is 11.9 Å². The maximum absolute atomic E-state index is 11.4. The van der Waals surface area contributed by atoms with Gasteiger partial charge in [-0.1, -0.05) is 0 Å². The Hall–Kier alpha value is -3.62. The van der Waals surface area contributed by atoms with Crippen LogP contribution in [0.15, 0.2) is 24.3 Å². The van der Waals surface area contributed by atoms with Crippen molar-refractivity contribution in [3.63, 3.8) is 0 Å². The third kappa shape index (κ3) is 5.22. The molecule has 0 saturated heterocycles. The molecule has 9 heteroatoms. The molecule has 0 amide bonds. The van der Waals surface area contributed by atoms with Gasteiger partial charge in [0.05, 0.1) is 28.4 Å². The molecular formula is C20H22O9. The van der Waals surface area contributed by atoms with Crippen LogP contribution in [0.5, 0.6) is 46.0 Å². The number of carbonyl (C=O) groups is 2. The Labute approximate surface area is 168 Å². The second-order valence-electron chi connectivity index (χ2n) is 5.60. The van der Waals surface area contributed by atoms with E-state index in [-0.39, 0.29) is 46.0 Å². The van der Waals surface area contributed by atoms with Crippen LogP contribution in [0.4, 0.5) is 0 Å². The Kier molecular flexibility index (Phi) is 7.13. The summed E-state index contributed by atoms with van der Waals surface area (Å²) in [6.45, 7) is 2.54. The van der Waals surface area contributed by atoms with Gasteiger partial charge < -0.3 is 33.2 Å². The van der Waals surface area contributed by atoms with Gasteiger partial charge in [0, 0.05) is 38.1 Å². The van der Waals surface area contributed by atoms with Gasteiger partial charge in [0.2, 0.25) is 11.5 Å². The van der Waals surface area contributed by atoms with Crippen molar-refractivity contribution >= 4 is 11.9 Å². The molecule has 2 aromatic rings. The first-order valence-corrected chi connectivity index (χ1v) is 8.39. The van der Waals surface area contributed by atoms with Crippen molar-refractivity contribution in [3.05, 3.63) is 24.3 Å². The van der Waals surface area contributed by atoms with Crippen molar-refractivity contribution in [3.8, 4) is 46.0 Å². The Balaban J connectivity index is 2.54. The highest BCUT2D eigenvalue weighted by Crippen LogP contribution is 2.47. The lowest BCUT2D eigenvalue weighted by molar-refractivity contribution is -0.132. The van der Waals surface area contributed by atoms with E-state index in [1.807, 2.05) is 0 Å². The molecule has 0 fully saturated rings. The molecule has 29 heavy (non-hydrogen) atoms.